The molecule has 160 valence electrons. The molecule has 2 atom stereocenters. The summed E-state index contributed by atoms with van der Waals surface area (Å²) in [5.74, 6) is 0.279. The van der Waals surface area contributed by atoms with Gasteiger partial charge in [0.15, 0.2) is 5.69 Å². The van der Waals surface area contributed by atoms with Crippen molar-refractivity contribution in [2.24, 2.45) is 10.8 Å². The van der Waals surface area contributed by atoms with E-state index in [1.54, 1.807) is 0 Å². The maximum atomic E-state index is 13.6. The van der Waals surface area contributed by atoms with Gasteiger partial charge in [-0.15, -0.1) is 0 Å². The molecule has 6 nitrogen and oxygen atoms in total. The van der Waals surface area contributed by atoms with Crippen molar-refractivity contribution in [1.29, 1.82) is 0 Å². The lowest BCUT2D eigenvalue weighted by Gasteiger charge is -2.51. The molecule has 1 aromatic rings. The van der Waals surface area contributed by atoms with Crippen LogP contribution in [0, 0.1) is 10.8 Å². The third-order valence-electron chi connectivity index (χ3n) is 7.45. The Morgan fingerprint density at radius 2 is 1.90 bits per heavy atom. The largest absolute Gasteiger partial charge is 0.342 e. The summed E-state index contributed by atoms with van der Waals surface area (Å²) in [6.07, 6.45) is 7.70. The van der Waals surface area contributed by atoms with Gasteiger partial charge in [-0.3, -0.25) is 14.7 Å². The molecular weight excluding hydrogens is 364 g/mol. The van der Waals surface area contributed by atoms with Gasteiger partial charge in [0.1, 0.15) is 0 Å². The average molecular weight is 401 g/mol. The predicted octanol–water partition coefficient (Wildman–Crippen LogP) is 3.57. The topological polar surface area (TPSA) is 69.3 Å². The SMILES string of the molecule is C[C@@H]1N(C(=O)c2n[nH]c3c2CCC3)CCC[C@@]12CCCN(CCC(C)(C)C)C2=O. The van der Waals surface area contributed by atoms with E-state index in [9.17, 15) is 9.59 Å². The number of carbonyl (C=O) groups excluding carboxylic acids is 2. The molecule has 29 heavy (non-hydrogen) atoms. The number of rotatable bonds is 3. The quantitative estimate of drug-likeness (QED) is 0.843. The highest BCUT2D eigenvalue weighted by Gasteiger charge is 2.52. The Kier molecular flexibility index (Phi) is 5.24. The first-order valence-electron chi connectivity index (χ1n) is 11.4. The fourth-order valence-corrected chi connectivity index (χ4v) is 5.59. The van der Waals surface area contributed by atoms with Crippen molar-refractivity contribution in [1.82, 2.24) is 20.0 Å². The van der Waals surface area contributed by atoms with Crippen molar-refractivity contribution in [2.75, 3.05) is 19.6 Å². The highest BCUT2D eigenvalue weighted by atomic mass is 16.2. The summed E-state index contributed by atoms with van der Waals surface area (Å²) >= 11 is 0. The second kappa shape index (κ2) is 7.44. The van der Waals surface area contributed by atoms with E-state index in [2.05, 4.69) is 42.8 Å². The summed E-state index contributed by atoms with van der Waals surface area (Å²) in [5, 5.41) is 7.43. The minimum atomic E-state index is -0.427. The number of hydrogen-bond donors (Lipinski definition) is 1. The van der Waals surface area contributed by atoms with Crippen molar-refractivity contribution in [3.05, 3.63) is 17.0 Å². The van der Waals surface area contributed by atoms with Crippen LogP contribution in [0.3, 0.4) is 0 Å². The molecule has 3 heterocycles. The minimum absolute atomic E-state index is 0.00981. The molecule has 1 aromatic heterocycles. The van der Waals surface area contributed by atoms with Crippen LogP contribution in [0.4, 0.5) is 0 Å². The summed E-state index contributed by atoms with van der Waals surface area (Å²) in [6.45, 7) is 11.2. The molecule has 2 saturated heterocycles. The fraction of sp³-hybridized carbons (Fsp3) is 0.783. The number of likely N-dealkylation sites (tertiary alicyclic amines) is 2. The van der Waals surface area contributed by atoms with E-state index in [1.807, 2.05) is 4.90 Å². The third kappa shape index (κ3) is 3.59. The Hall–Kier alpha value is -1.85. The van der Waals surface area contributed by atoms with Crippen LogP contribution in [0.1, 0.15) is 88.0 Å². The van der Waals surface area contributed by atoms with E-state index in [-0.39, 0.29) is 23.3 Å². The molecule has 6 heteroatoms. The Morgan fingerprint density at radius 1 is 1.17 bits per heavy atom. The van der Waals surface area contributed by atoms with Crippen LogP contribution < -0.4 is 0 Å². The number of carbonyl (C=O) groups is 2. The Bertz CT molecular complexity index is 789. The maximum absolute atomic E-state index is 13.6. The second-order valence-corrected chi connectivity index (χ2v) is 10.5. The van der Waals surface area contributed by atoms with Crippen molar-refractivity contribution in [3.63, 3.8) is 0 Å². The number of nitrogens with zero attached hydrogens (tertiary/aromatic N) is 3. The number of aryl methyl sites for hydroxylation is 1. The van der Waals surface area contributed by atoms with Crippen LogP contribution in [0.5, 0.6) is 0 Å². The fourth-order valence-electron chi connectivity index (χ4n) is 5.59. The second-order valence-electron chi connectivity index (χ2n) is 10.5. The monoisotopic (exact) mass is 400 g/mol. The number of piperidine rings is 2. The summed E-state index contributed by atoms with van der Waals surface area (Å²) in [5.41, 5.74) is 2.60. The predicted molar refractivity (Wildman–Crippen MR) is 113 cm³/mol. The number of H-pyrrole nitrogens is 1. The zero-order valence-electron chi connectivity index (χ0n) is 18.5. The molecular formula is C23H36N4O2. The lowest BCUT2D eigenvalue weighted by molar-refractivity contribution is -0.154. The first kappa shape index (κ1) is 20.4. The molecule has 3 aliphatic rings. The lowest BCUT2D eigenvalue weighted by Crippen LogP contribution is -2.62. The Morgan fingerprint density at radius 3 is 2.62 bits per heavy atom. The van der Waals surface area contributed by atoms with Gasteiger partial charge in [-0.1, -0.05) is 20.8 Å². The van der Waals surface area contributed by atoms with Crippen molar-refractivity contribution in [3.8, 4) is 0 Å². The van der Waals surface area contributed by atoms with E-state index in [0.29, 0.717) is 5.69 Å². The van der Waals surface area contributed by atoms with Gasteiger partial charge in [0, 0.05) is 36.9 Å². The highest BCUT2D eigenvalue weighted by molar-refractivity contribution is 5.95. The summed E-state index contributed by atoms with van der Waals surface area (Å²) in [6, 6.07) is -0.0811. The van der Waals surface area contributed by atoms with E-state index in [0.717, 1.165) is 82.3 Å². The first-order chi connectivity index (χ1) is 13.7. The van der Waals surface area contributed by atoms with Crippen LogP contribution >= 0.6 is 0 Å². The molecule has 1 aliphatic carbocycles. The first-order valence-corrected chi connectivity index (χ1v) is 11.4. The van der Waals surface area contributed by atoms with Gasteiger partial charge in [-0.2, -0.15) is 5.10 Å². The summed E-state index contributed by atoms with van der Waals surface area (Å²) in [4.78, 5) is 31.1. The number of amides is 2. The van der Waals surface area contributed by atoms with Crippen LogP contribution in [0.25, 0.3) is 0 Å². The molecule has 4 rings (SSSR count). The minimum Gasteiger partial charge on any atom is -0.342 e. The molecule has 0 bridgehead atoms. The smallest absolute Gasteiger partial charge is 0.274 e. The number of fused-ring (bicyclic) bond motifs is 1. The average Bonchev–Trinajstić information content (AvgIpc) is 3.27. The Labute approximate surface area is 174 Å². The van der Waals surface area contributed by atoms with E-state index in [4.69, 9.17) is 0 Å². The summed E-state index contributed by atoms with van der Waals surface area (Å²) < 4.78 is 0. The van der Waals surface area contributed by atoms with Gasteiger partial charge >= 0.3 is 0 Å². The van der Waals surface area contributed by atoms with Crippen LogP contribution in [0.2, 0.25) is 0 Å². The van der Waals surface area contributed by atoms with Gasteiger partial charge in [-0.05, 0) is 63.7 Å². The molecule has 1 spiro atoms. The number of aromatic amines is 1. The number of aromatic nitrogens is 2. The van der Waals surface area contributed by atoms with E-state index < -0.39 is 5.41 Å². The van der Waals surface area contributed by atoms with Gasteiger partial charge in [0.05, 0.1) is 5.41 Å². The molecule has 1 N–H and O–H groups in total. The highest BCUT2D eigenvalue weighted by Crippen LogP contribution is 2.45. The zero-order valence-corrected chi connectivity index (χ0v) is 18.5. The number of nitrogens with one attached hydrogen (secondary N) is 1. The van der Waals surface area contributed by atoms with Crippen LogP contribution in [-0.2, 0) is 17.6 Å². The van der Waals surface area contributed by atoms with Crippen molar-refractivity contribution in [2.45, 2.75) is 85.1 Å². The molecule has 0 saturated carbocycles. The van der Waals surface area contributed by atoms with Crippen molar-refractivity contribution < 1.29 is 9.59 Å². The van der Waals surface area contributed by atoms with E-state index in [1.165, 1.54) is 0 Å². The molecule has 2 aliphatic heterocycles. The standard InChI is InChI=1S/C23H36N4O2/c1-16-23(10-6-13-26(21(23)29)15-12-22(2,3)4)11-7-14-27(16)20(28)19-17-8-5-9-18(17)24-25-19/h16H,5-15H2,1-4H3,(H,24,25)/t16-,23-/m0/s1. The van der Waals surface area contributed by atoms with Crippen LogP contribution in [-0.4, -0.2) is 57.5 Å². The maximum Gasteiger partial charge on any atom is 0.274 e. The van der Waals surface area contributed by atoms with E-state index >= 15 is 0 Å². The summed E-state index contributed by atoms with van der Waals surface area (Å²) in [7, 11) is 0. The molecule has 2 amide bonds. The lowest BCUT2D eigenvalue weighted by atomic mass is 9.67. The van der Waals surface area contributed by atoms with Gasteiger partial charge in [-0.25, -0.2) is 0 Å². The van der Waals surface area contributed by atoms with Gasteiger partial charge in [0.2, 0.25) is 5.91 Å². The third-order valence-corrected chi connectivity index (χ3v) is 7.45. The molecule has 2 fully saturated rings. The van der Waals surface area contributed by atoms with Gasteiger partial charge in [0.25, 0.3) is 5.91 Å². The molecule has 0 unspecified atom stereocenters. The normalized spacial score (nSPS) is 27.6. The zero-order chi connectivity index (χ0) is 20.8. The van der Waals surface area contributed by atoms with Crippen molar-refractivity contribution >= 4 is 11.8 Å². The Balaban J connectivity index is 1.54. The molecule has 0 radical (unpaired) electrons. The molecule has 0 aromatic carbocycles. The van der Waals surface area contributed by atoms with Crippen LogP contribution in [0.15, 0.2) is 0 Å². The number of hydrogen-bond acceptors (Lipinski definition) is 3. The van der Waals surface area contributed by atoms with Gasteiger partial charge < -0.3 is 9.80 Å².